The van der Waals surface area contributed by atoms with Gasteiger partial charge in [-0.05, 0) is 110 Å². The second-order valence-corrected chi connectivity index (χ2v) is 15.4. The Morgan fingerprint density at radius 3 is 1.71 bits per heavy atom. The maximum Gasteiger partial charge on any atom is 0.143 e. The number of furan rings is 1. The van der Waals surface area contributed by atoms with Crippen molar-refractivity contribution in [2.24, 2.45) is 0 Å². The van der Waals surface area contributed by atoms with Crippen LogP contribution in [-0.4, -0.2) is 0 Å². The van der Waals surface area contributed by atoms with Gasteiger partial charge in [0.1, 0.15) is 11.2 Å². The standard InChI is InChI=1S/C57H39NO/c1-37-12-5-8-18-46(37)55-50(33-34-52-51-32-28-42-16-7-10-20-49(42)56(51)59-57(52)55)53-36-44(40-24-22-39(23-25-40)38-13-3-2-4-14-38)29-35-54(53)58-45-30-26-43(27-31-45)48-21-11-17-41-15-6-9-19-47(41)48/h2-36,58H,1H3. The molecule has 0 radical (unpaired) electrons. The van der Waals surface area contributed by atoms with E-state index in [9.17, 15) is 0 Å². The normalized spacial score (nSPS) is 11.5. The summed E-state index contributed by atoms with van der Waals surface area (Å²) in [6, 6.07) is 76.3. The van der Waals surface area contributed by atoms with Crippen LogP contribution in [0.5, 0.6) is 0 Å². The minimum absolute atomic E-state index is 0.895. The number of anilines is 2. The van der Waals surface area contributed by atoms with Crippen molar-refractivity contribution in [2.45, 2.75) is 6.92 Å². The molecule has 59 heavy (non-hydrogen) atoms. The van der Waals surface area contributed by atoms with E-state index in [1.807, 2.05) is 0 Å². The van der Waals surface area contributed by atoms with Crippen molar-refractivity contribution in [3.8, 4) is 55.6 Å². The summed E-state index contributed by atoms with van der Waals surface area (Å²) >= 11 is 0. The molecule has 1 N–H and O–H groups in total. The Morgan fingerprint density at radius 1 is 0.339 bits per heavy atom. The second kappa shape index (κ2) is 14.4. The molecule has 0 amide bonds. The zero-order valence-corrected chi connectivity index (χ0v) is 32.6. The Labute approximate surface area is 343 Å². The number of benzene rings is 10. The molecule has 2 heteroatoms. The van der Waals surface area contributed by atoms with Gasteiger partial charge in [-0.2, -0.15) is 0 Å². The lowest BCUT2D eigenvalue weighted by atomic mass is 9.88. The smallest absolute Gasteiger partial charge is 0.143 e. The second-order valence-electron chi connectivity index (χ2n) is 15.4. The fraction of sp³-hybridized carbons (Fsp3) is 0.0175. The fourth-order valence-corrected chi connectivity index (χ4v) is 8.82. The van der Waals surface area contributed by atoms with Crippen molar-refractivity contribution < 1.29 is 4.42 Å². The maximum absolute atomic E-state index is 7.06. The average Bonchev–Trinajstić information content (AvgIpc) is 3.69. The monoisotopic (exact) mass is 753 g/mol. The van der Waals surface area contributed by atoms with Crippen molar-refractivity contribution in [3.63, 3.8) is 0 Å². The van der Waals surface area contributed by atoms with Gasteiger partial charge in [0.15, 0.2) is 0 Å². The summed E-state index contributed by atoms with van der Waals surface area (Å²) < 4.78 is 7.06. The molecule has 11 aromatic rings. The molecule has 1 heterocycles. The van der Waals surface area contributed by atoms with Crippen LogP contribution < -0.4 is 5.32 Å². The molecule has 11 rings (SSSR count). The van der Waals surface area contributed by atoms with E-state index in [1.54, 1.807) is 0 Å². The number of hydrogen-bond donors (Lipinski definition) is 1. The minimum Gasteiger partial charge on any atom is -0.455 e. The largest absolute Gasteiger partial charge is 0.455 e. The molecule has 0 aliphatic carbocycles. The van der Waals surface area contributed by atoms with Gasteiger partial charge in [-0.25, -0.2) is 0 Å². The summed E-state index contributed by atoms with van der Waals surface area (Å²) in [5.41, 5.74) is 16.6. The van der Waals surface area contributed by atoms with Crippen LogP contribution in [0.1, 0.15) is 5.56 Å². The van der Waals surface area contributed by atoms with Crippen LogP contribution in [0.15, 0.2) is 217 Å². The summed E-state index contributed by atoms with van der Waals surface area (Å²) in [5, 5.41) is 10.9. The third kappa shape index (κ3) is 6.14. The van der Waals surface area contributed by atoms with Crippen molar-refractivity contribution >= 4 is 54.9 Å². The molecule has 0 fully saturated rings. The highest BCUT2D eigenvalue weighted by molar-refractivity contribution is 6.19. The summed E-state index contributed by atoms with van der Waals surface area (Å²) in [6.45, 7) is 2.19. The highest BCUT2D eigenvalue weighted by Crippen LogP contribution is 2.47. The maximum atomic E-state index is 7.06. The summed E-state index contributed by atoms with van der Waals surface area (Å²) in [4.78, 5) is 0. The van der Waals surface area contributed by atoms with E-state index in [-0.39, 0.29) is 0 Å². The number of rotatable bonds is 7. The summed E-state index contributed by atoms with van der Waals surface area (Å²) in [6.07, 6.45) is 0. The van der Waals surface area contributed by atoms with Gasteiger partial charge < -0.3 is 9.73 Å². The van der Waals surface area contributed by atoms with Crippen molar-refractivity contribution in [3.05, 3.63) is 218 Å². The first kappa shape index (κ1) is 34.6. The molecule has 0 aliphatic rings. The molecule has 0 aliphatic heterocycles. The Kier molecular flexibility index (Phi) is 8.41. The Hall–Kier alpha value is -7.68. The third-order valence-corrected chi connectivity index (χ3v) is 11.8. The zero-order valence-electron chi connectivity index (χ0n) is 32.6. The summed E-state index contributed by atoms with van der Waals surface area (Å²) in [7, 11) is 0. The molecule has 278 valence electrons. The van der Waals surface area contributed by atoms with Gasteiger partial charge in [-0.1, -0.05) is 176 Å². The van der Waals surface area contributed by atoms with E-state index in [2.05, 4.69) is 225 Å². The molecule has 0 bridgehead atoms. The van der Waals surface area contributed by atoms with Gasteiger partial charge in [0.2, 0.25) is 0 Å². The Morgan fingerprint density at radius 2 is 0.915 bits per heavy atom. The van der Waals surface area contributed by atoms with Gasteiger partial charge in [0.25, 0.3) is 0 Å². The number of nitrogens with one attached hydrogen (secondary N) is 1. The number of hydrogen-bond acceptors (Lipinski definition) is 2. The van der Waals surface area contributed by atoms with Crippen LogP contribution in [-0.2, 0) is 0 Å². The highest BCUT2D eigenvalue weighted by atomic mass is 16.3. The van der Waals surface area contributed by atoms with Crippen molar-refractivity contribution in [1.29, 1.82) is 0 Å². The molecule has 0 spiro atoms. The number of fused-ring (bicyclic) bond motifs is 6. The van der Waals surface area contributed by atoms with Crippen LogP contribution in [0, 0.1) is 6.92 Å². The molecule has 0 saturated heterocycles. The van der Waals surface area contributed by atoms with Crippen molar-refractivity contribution in [2.75, 3.05) is 5.32 Å². The first-order chi connectivity index (χ1) is 29.2. The minimum atomic E-state index is 0.895. The third-order valence-electron chi connectivity index (χ3n) is 11.8. The van der Waals surface area contributed by atoms with Crippen LogP contribution in [0.25, 0.3) is 99.1 Å². The molecule has 1 aromatic heterocycles. The molecule has 2 nitrogen and oxygen atoms in total. The predicted molar refractivity (Wildman–Crippen MR) is 250 cm³/mol. The molecule has 0 atom stereocenters. The van der Waals surface area contributed by atoms with Crippen LogP contribution >= 0.6 is 0 Å². The van der Waals surface area contributed by atoms with Crippen LogP contribution in [0.4, 0.5) is 11.4 Å². The van der Waals surface area contributed by atoms with Gasteiger partial charge in [0.05, 0.1) is 0 Å². The van der Waals surface area contributed by atoms with E-state index in [0.717, 1.165) is 72.1 Å². The lowest BCUT2D eigenvalue weighted by Crippen LogP contribution is -1.97. The lowest BCUT2D eigenvalue weighted by molar-refractivity contribution is 0.674. The molecule has 0 saturated carbocycles. The van der Waals surface area contributed by atoms with Gasteiger partial charge in [-0.3, -0.25) is 0 Å². The topological polar surface area (TPSA) is 25.2 Å². The zero-order chi connectivity index (χ0) is 39.3. The fourth-order valence-electron chi connectivity index (χ4n) is 8.82. The molecule has 0 unspecified atom stereocenters. The van der Waals surface area contributed by atoms with Crippen LogP contribution in [0.2, 0.25) is 0 Å². The molecular formula is C57H39NO. The predicted octanol–water partition coefficient (Wildman–Crippen LogP) is 16.3. The Balaban J connectivity index is 1.09. The molecular weight excluding hydrogens is 715 g/mol. The molecule has 10 aromatic carbocycles. The van der Waals surface area contributed by atoms with E-state index >= 15 is 0 Å². The van der Waals surface area contributed by atoms with Crippen LogP contribution in [0.3, 0.4) is 0 Å². The summed E-state index contributed by atoms with van der Waals surface area (Å²) in [5.74, 6) is 0. The van der Waals surface area contributed by atoms with E-state index in [1.165, 1.54) is 44.0 Å². The van der Waals surface area contributed by atoms with Gasteiger partial charge in [0, 0.05) is 38.7 Å². The Bertz CT molecular complexity index is 3330. The van der Waals surface area contributed by atoms with Gasteiger partial charge in [-0.15, -0.1) is 0 Å². The first-order valence-electron chi connectivity index (χ1n) is 20.2. The van der Waals surface area contributed by atoms with E-state index in [0.29, 0.717) is 0 Å². The number of aryl methyl sites for hydroxylation is 1. The van der Waals surface area contributed by atoms with Crippen molar-refractivity contribution in [1.82, 2.24) is 0 Å². The first-order valence-corrected chi connectivity index (χ1v) is 20.2. The highest BCUT2D eigenvalue weighted by Gasteiger charge is 2.22. The lowest BCUT2D eigenvalue weighted by Gasteiger charge is -2.19. The van der Waals surface area contributed by atoms with E-state index < -0.39 is 0 Å². The average molecular weight is 754 g/mol. The SMILES string of the molecule is Cc1ccccc1-c1c(-c2cc(-c3ccc(-c4ccccc4)cc3)ccc2Nc2ccc(-c3cccc4ccccc34)cc2)ccc2c1oc1c3ccccc3ccc21. The van der Waals surface area contributed by atoms with Gasteiger partial charge >= 0.3 is 0 Å². The van der Waals surface area contributed by atoms with E-state index in [4.69, 9.17) is 4.42 Å². The quantitative estimate of drug-likeness (QED) is 0.175.